The molecule has 20 heavy (non-hydrogen) atoms. The van der Waals surface area contributed by atoms with Crippen molar-refractivity contribution in [2.45, 2.75) is 39.8 Å². The Kier molecular flexibility index (Phi) is 5.15. The van der Waals surface area contributed by atoms with E-state index in [4.69, 9.17) is 4.74 Å². The van der Waals surface area contributed by atoms with Crippen LogP contribution in [0.1, 0.15) is 42.8 Å². The molecule has 0 saturated carbocycles. The lowest BCUT2D eigenvalue weighted by molar-refractivity contribution is 0.241. The van der Waals surface area contributed by atoms with E-state index in [1.807, 2.05) is 20.0 Å². The molecular weight excluding hydrogens is 268 g/mol. The Labute approximate surface area is 125 Å². The van der Waals surface area contributed by atoms with Gasteiger partial charge < -0.3 is 10.1 Å². The molecule has 1 N–H and O–H groups in total. The topological polar surface area (TPSA) is 34.2 Å². The zero-order valence-corrected chi connectivity index (χ0v) is 13.3. The van der Waals surface area contributed by atoms with Crippen LogP contribution < -0.4 is 10.1 Å². The molecular formula is C16H22N2OS. The first kappa shape index (κ1) is 15.0. The largest absolute Gasteiger partial charge is 0.489 e. The van der Waals surface area contributed by atoms with Crippen LogP contribution in [0.5, 0.6) is 5.75 Å². The minimum Gasteiger partial charge on any atom is -0.489 e. The number of nitrogens with zero attached hydrogens (tertiary/aromatic N) is 1. The summed E-state index contributed by atoms with van der Waals surface area (Å²) in [5.41, 5.74) is 2.46. The first-order valence-corrected chi connectivity index (χ1v) is 7.88. The maximum atomic E-state index is 5.74. The van der Waals surface area contributed by atoms with E-state index in [1.165, 1.54) is 10.4 Å². The molecule has 108 valence electrons. The number of pyridine rings is 1. The predicted octanol–water partition coefficient (Wildman–Crippen LogP) is 3.94. The van der Waals surface area contributed by atoms with Crippen molar-refractivity contribution < 1.29 is 4.74 Å². The fourth-order valence-corrected chi connectivity index (χ4v) is 3.20. The van der Waals surface area contributed by atoms with Gasteiger partial charge in [0.25, 0.3) is 0 Å². The number of hydrogen-bond acceptors (Lipinski definition) is 4. The van der Waals surface area contributed by atoms with Crippen molar-refractivity contribution in [2.75, 3.05) is 6.54 Å². The molecule has 0 radical (unpaired) electrons. The first-order valence-electron chi connectivity index (χ1n) is 7.00. The number of nitrogens with one attached hydrogen (secondary N) is 1. The molecule has 0 aliphatic heterocycles. The second kappa shape index (κ2) is 6.86. The predicted molar refractivity (Wildman–Crippen MR) is 84.6 cm³/mol. The SMILES string of the molecule is CCNC(c1cncc(OC(C)C)c1)c1sccc1C. The molecule has 2 aromatic rings. The van der Waals surface area contributed by atoms with Gasteiger partial charge in [0, 0.05) is 11.1 Å². The zero-order valence-electron chi connectivity index (χ0n) is 12.5. The van der Waals surface area contributed by atoms with E-state index in [1.54, 1.807) is 17.5 Å². The lowest BCUT2D eigenvalue weighted by Gasteiger charge is -2.19. The highest BCUT2D eigenvalue weighted by Crippen LogP contribution is 2.30. The average molecular weight is 290 g/mol. The van der Waals surface area contributed by atoms with Crippen molar-refractivity contribution in [3.8, 4) is 5.75 Å². The summed E-state index contributed by atoms with van der Waals surface area (Å²) in [6.07, 6.45) is 3.85. The molecule has 0 spiro atoms. The molecule has 0 amide bonds. The average Bonchev–Trinajstić information content (AvgIpc) is 2.81. The van der Waals surface area contributed by atoms with Crippen LogP contribution in [0, 0.1) is 6.92 Å². The van der Waals surface area contributed by atoms with Gasteiger partial charge in [-0.25, -0.2) is 0 Å². The zero-order chi connectivity index (χ0) is 14.5. The molecule has 1 atom stereocenters. The van der Waals surface area contributed by atoms with Gasteiger partial charge in [0.15, 0.2) is 0 Å². The first-order chi connectivity index (χ1) is 9.61. The lowest BCUT2D eigenvalue weighted by atomic mass is 10.0. The van der Waals surface area contributed by atoms with Gasteiger partial charge in [0.05, 0.1) is 18.3 Å². The quantitative estimate of drug-likeness (QED) is 0.875. The monoisotopic (exact) mass is 290 g/mol. The van der Waals surface area contributed by atoms with Gasteiger partial charge in [0.1, 0.15) is 5.75 Å². The molecule has 0 fully saturated rings. The van der Waals surface area contributed by atoms with Crippen LogP contribution in [0.25, 0.3) is 0 Å². The van der Waals surface area contributed by atoms with Crippen LogP contribution in [-0.4, -0.2) is 17.6 Å². The van der Waals surface area contributed by atoms with Gasteiger partial charge in [-0.3, -0.25) is 4.98 Å². The summed E-state index contributed by atoms with van der Waals surface area (Å²) >= 11 is 1.78. The Bertz CT molecular complexity index is 551. The van der Waals surface area contributed by atoms with Crippen molar-refractivity contribution in [3.63, 3.8) is 0 Å². The molecule has 0 bridgehead atoms. The Morgan fingerprint density at radius 1 is 1.35 bits per heavy atom. The van der Waals surface area contributed by atoms with Gasteiger partial charge in [-0.15, -0.1) is 11.3 Å². The summed E-state index contributed by atoms with van der Waals surface area (Å²) in [5.74, 6) is 0.828. The van der Waals surface area contributed by atoms with Crippen molar-refractivity contribution in [2.24, 2.45) is 0 Å². The van der Waals surface area contributed by atoms with Gasteiger partial charge in [-0.1, -0.05) is 6.92 Å². The second-order valence-corrected chi connectivity index (χ2v) is 6.03. The normalized spacial score (nSPS) is 12.7. The Balaban J connectivity index is 2.32. The van der Waals surface area contributed by atoms with Crippen molar-refractivity contribution in [1.82, 2.24) is 10.3 Å². The summed E-state index contributed by atoms with van der Waals surface area (Å²) in [6.45, 7) is 9.24. The van der Waals surface area contributed by atoms with Gasteiger partial charge in [0.2, 0.25) is 0 Å². The highest BCUT2D eigenvalue weighted by molar-refractivity contribution is 7.10. The van der Waals surface area contributed by atoms with E-state index in [-0.39, 0.29) is 12.1 Å². The van der Waals surface area contributed by atoms with Gasteiger partial charge >= 0.3 is 0 Å². The Morgan fingerprint density at radius 2 is 2.15 bits per heavy atom. The van der Waals surface area contributed by atoms with Crippen LogP contribution in [0.4, 0.5) is 0 Å². The molecule has 0 aliphatic rings. The maximum Gasteiger partial charge on any atom is 0.138 e. The maximum absolute atomic E-state index is 5.74. The van der Waals surface area contributed by atoms with E-state index in [0.29, 0.717) is 0 Å². The van der Waals surface area contributed by atoms with Crippen LogP contribution in [0.3, 0.4) is 0 Å². The summed E-state index contributed by atoms with van der Waals surface area (Å²) in [5, 5.41) is 5.67. The number of thiophene rings is 1. The molecule has 0 aromatic carbocycles. The molecule has 2 heterocycles. The van der Waals surface area contributed by atoms with E-state index in [0.717, 1.165) is 17.9 Å². The Hall–Kier alpha value is -1.39. The highest BCUT2D eigenvalue weighted by atomic mass is 32.1. The van der Waals surface area contributed by atoms with Crippen molar-refractivity contribution in [3.05, 3.63) is 45.9 Å². The molecule has 3 nitrogen and oxygen atoms in total. The molecule has 2 aromatic heterocycles. The molecule has 1 unspecified atom stereocenters. The standard InChI is InChI=1S/C16H22N2OS/c1-5-18-15(16-12(4)6-7-20-16)13-8-14(10-17-9-13)19-11(2)3/h6-11,15,18H,5H2,1-4H3. The van der Waals surface area contributed by atoms with Gasteiger partial charge in [-0.05, 0) is 56.0 Å². The van der Waals surface area contributed by atoms with Gasteiger partial charge in [-0.2, -0.15) is 0 Å². The minimum atomic E-state index is 0.160. The lowest BCUT2D eigenvalue weighted by Crippen LogP contribution is -2.22. The van der Waals surface area contributed by atoms with E-state index in [9.17, 15) is 0 Å². The van der Waals surface area contributed by atoms with Crippen LogP contribution in [0.2, 0.25) is 0 Å². The van der Waals surface area contributed by atoms with E-state index in [2.05, 4.69) is 41.7 Å². The smallest absolute Gasteiger partial charge is 0.138 e. The number of aromatic nitrogens is 1. The van der Waals surface area contributed by atoms with Crippen LogP contribution in [0.15, 0.2) is 29.9 Å². The third-order valence-electron chi connectivity index (χ3n) is 3.01. The number of aryl methyl sites for hydroxylation is 1. The highest BCUT2D eigenvalue weighted by Gasteiger charge is 2.17. The van der Waals surface area contributed by atoms with E-state index < -0.39 is 0 Å². The van der Waals surface area contributed by atoms with Crippen molar-refractivity contribution >= 4 is 11.3 Å². The summed E-state index contributed by atoms with van der Waals surface area (Å²) < 4.78 is 5.74. The summed E-state index contributed by atoms with van der Waals surface area (Å²) in [4.78, 5) is 5.66. The number of rotatable bonds is 6. The van der Waals surface area contributed by atoms with Crippen LogP contribution >= 0.6 is 11.3 Å². The summed E-state index contributed by atoms with van der Waals surface area (Å²) in [6, 6.07) is 4.43. The summed E-state index contributed by atoms with van der Waals surface area (Å²) in [7, 11) is 0. The number of hydrogen-bond donors (Lipinski definition) is 1. The molecule has 0 aliphatic carbocycles. The fraction of sp³-hybridized carbons (Fsp3) is 0.438. The second-order valence-electron chi connectivity index (χ2n) is 5.08. The van der Waals surface area contributed by atoms with E-state index >= 15 is 0 Å². The van der Waals surface area contributed by atoms with Crippen LogP contribution in [-0.2, 0) is 0 Å². The van der Waals surface area contributed by atoms with Crippen molar-refractivity contribution in [1.29, 1.82) is 0 Å². The molecule has 2 rings (SSSR count). The molecule has 4 heteroatoms. The number of ether oxygens (including phenoxy) is 1. The fourth-order valence-electron chi connectivity index (χ4n) is 2.18. The third-order valence-corrected chi connectivity index (χ3v) is 4.10. The Morgan fingerprint density at radius 3 is 2.75 bits per heavy atom. The molecule has 0 saturated heterocycles. The minimum absolute atomic E-state index is 0.160. The third kappa shape index (κ3) is 3.58.